The molecule has 180 valence electrons. The zero-order valence-electron chi connectivity index (χ0n) is 18.1. The number of β-lactam (4-membered cyclic amide) rings is 1. The van der Waals surface area contributed by atoms with Crippen LogP contribution in [0.2, 0.25) is 0 Å². The summed E-state index contributed by atoms with van der Waals surface area (Å²) in [5.74, 6) is -1.92. The van der Waals surface area contributed by atoms with E-state index in [9.17, 15) is 29.6 Å². The molecular formula is C18H19N7O6S3. The van der Waals surface area contributed by atoms with Crippen LogP contribution in [0.5, 0.6) is 0 Å². The van der Waals surface area contributed by atoms with Crippen molar-refractivity contribution in [2.75, 3.05) is 11.5 Å². The van der Waals surface area contributed by atoms with Gasteiger partial charge in [-0.15, -0.1) is 22.0 Å². The Bertz CT molecular complexity index is 1220. The summed E-state index contributed by atoms with van der Waals surface area (Å²) in [6.07, 6.45) is 0. The Kier molecular flexibility index (Phi) is 6.64. The van der Waals surface area contributed by atoms with Crippen LogP contribution in [0.1, 0.15) is 23.7 Å². The molecule has 0 aromatic carbocycles. The molecule has 0 unspecified atom stereocenters. The molecule has 0 saturated carbocycles. The maximum Gasteiger partial charge on any atom is 0.390 e. The van der Waals surface area contributed by atoms with E-state index < -0.39 is 40.2 Å². The summed E-state index contributed by atoms with van der Waals surface area (Å²) < 4.78 is 1.93. The van der Waals surface area contributed by atoms with E-state index in [1.165, 1.54) is 57.4 Å². The van der Waals surface area contributed by atoms with E-state index in [-0.39, 0.29) is 11.5 Å². The summed E-state index contributed by atoms with van der Waals surface area (Å²) in [7, 11) is 0. The number of aliphatic carboxylic acids is 1. The summed E-state index contributed by atoms with van der Waals surface area (Å²) in [5.41, 5.74) is 0.948. The number of nitro groups is 1. The van der Waals surface area contributed by atoms with Crippen molar-refractivity contribution in [1.29, 1.82) is 0 Å². The minimum absolute atomic E-state index is 0.0698. The number of fused-ring (bicyclic) bond motifs is 1. The molecule has 1 saturated heterocycles. The van der Waals surface area contributed by atoms with E-state index in [1.54, 1.807) is 6.92 Å². The third-order valence-corrected chi connectivity index (χ3v) is 8.67. The lowest BCUT2D eigenvalue weighted by Crippen LogP contribution is -2.71. The molecule has 2 aromatic rings. The van der Waals surface area contributed by atoms with E-state index in [0.717, 1.165) is 5.01 Å². The van der Waals surface area contributed by atoms with Crippen LogP contribution < -0.4 is 5.32 Å². The molecule has 13 nitrogen and oxygen atoms in total. The Morgan fingerprint density at radius 3 is 2.74 bits per heavy atom. The third-order valence-electron chi connectivity index (χ3n) is 5.27. The Morgan fingerprint density at radius 1 is 1.41 bits per heavy atom. The zero-order valence-corrected chi connectivity index (χ0v) is 20.6. The van der Waals surface area contributed by atoms with Crippen LogP contribution in [0.15, 0.2) is 21.7 Å². The van der Waals surface area contributed by atoms with E-state index in [1.807, 2.05) is 6.92 Å². The Morgan fingerprint density at radius 2 is 2.15 bits per heavy atom. The summed E-state index contributed by atoms with van der Waals surface area (Å²) in [6.45, 7) is 4.93. The van der Waals surface area contributed by atoms with Crippen molar-refractivity contribution >= 4 is 58.5 Å². The molecular weight excluding hydrogens is 506 g/mol. The van der Waals surface area contributed by atoms with Gasteiger partial charge >= 0.3 is 11.8 Å². The first-order valence-corrected chi connectivity index (χ1v) is 12.8. The third kappa shape index (κ3) is 4.39. The highest BCUT2D eigenvalue weighted by Gasteiger charge is 2.54. The van der Waals surface area contributed by atoms with Crippen LogP contribution in [0.25, 0.3) is 0 Å². The fourth-order valence-electron chi connectivity index (χ4n) is 3.62. The van der Waals surface area contributed by atoms with Crippen molar-refractivity contribution < 1.29 is 24.4 Å². The van der Waals surface area contributed by atoms with E-state index in [4.69, 9.17) is 0 Å². The molecule has 2 amide bonds. The number of aromatic nitrogens is 4. The van der Waals surface area contributed by atoms with Gasteiger partial charge in [0.1, 0.15) is 28.2 Å². The smallest absolute Gasteiger partial charge is 0.390 e. The van der Waals surface area contributed by atoms with Crippen LogP contribution in [0, 0.1) is 24.0 Å². The van der Waals surface area contributed by atoms with E-state index >= 15 is 0 Å². The number of carbonyl (C=O) groups excluding carboxylic acids is 2. The number of thioether (sulfide) groups is 2. The molecule has 2 N–H and O–H groups in total. The number of aryl methyl sites for hydroxylation is 2. The molecule has 4 rings (SSSR count). The monoisotopic (exact) mass is 525 g/mol. The lowest BCUT2D eigenvalue weighted by atomic mass is 10.0. The highest BCUT2D eigenvalue weighted by Crippen LogP contribution is 2.42. The van der Waals surface area contributed by atoms with Gasteiger partial charge in [-0.1, -0.05) is 23.1 Å². The number of carboxylic acids is 1. The normalized spacial score (nSPS) is 20.6. The van der Waals surface area contributed by atoms with Crippen molar-refractivity contribution in [2.24, 2.45) is 0 Å². The SMILES string of the molecule is Cc1nnc(SCC2=C(C(=O)O)N3C(=O)[C@@H](NC(=O)[C@@H](C)n4nc([N+](=O)[O-])cc4C)[C@H]3SC2)s1. The minimum atomic E-state index is -1.21. The van der Waals surface area contributed by atoms with Gasteiger partial charge in [-0.05, 0) is 31.3 Å². The lowest BCUT2D eigenvalue weighted by molar-refractivity contribution is -0.389. The van der Waals surface area contributed by atoms with Gasteiger partial charge in [0, 0.05) is 11.5 Å². The van der Waals surface area contributed by atoms with Gasteiger partial charge in [0.25, 0.3) is 5.91 Å². The van der Waals surface area contributed by atoms with Crippen LogP contribution >= 0.6 is 34.9 Å². The van der Waals surface area contributed by atoms with Gasteiger partial charge in [-0.3, -0.25) is 14.5 Å². The number of nitrogens with zero attached hydrogens (tertiary/aromatic N) is 6. The molecule has 0 bridgehead atoms. The number of hydrogen-bond donors (Lipinski definition) is 2. The average molecular weight is 526 g/mol. The zero-order chi connectivity index (χ0) is 24.7. The van der Waals surface area contributed by atoms with Gasteiger partial charge in [0.05, 0.1) is 16.9 Å². The van der Waals surface area contributed by atoms with Crippen molar-refractivity contribution in [3.05, 3.63) is 38.2 Å². The standard InChI is InChI=1S/C18H19N7O6S3/c1-7-4-11(25(30)31)22-24(7)8(2)14(26)19-12-15(27)23-13(17(28)29)10(5-32-16(12)23)6-33-18-21-20-9(3)34-18/h4,8,12,16H,5-6H2,1-3H3,(H,19,26)(H,28,29)/t8-,12-,16-/m1/s1. The molecule has 4 heterocycles. The average Bonchev–Trinajstić information content (AvgIpc) is 3.39. The second kappa shape index (κ2) is 9.34. The first kappa shape index (κ1) is 24.2. The molecule has 2 aliphatic rings. The van der Waals surface area contributed by atoms with Gasteiger partial charge < -0.3 is 20.5 Å². The summed E-state index contributed by atoms with van der Waals surface area (Å²) in [6, 6.07) is -0.551. The van der Waals surface area contributed by atoms with Gasteiger partial charge in [-0.2, -0.15) is 4.68 Å². The predicted octanol–water partition coefficient (Wildman–Crippen LogP) is 1.35. The molecule has 34 heavy (non-hydrogen) atoms. The maximum atomic E-state index is 12.9. The maximum absolute atomic E-state index is 12.9. The van der Waals surface area contributed by atoms with Gasteiger partial charge in [-0.25, -0.2) is 4.79 Å². The fourth-order valence-corrected chi connectivity index (χ4v) is 6.92. The predicted molar refractivity (Wildman–Crippen MR) is 123 cm³/mol. The van der Waals surface area contributed by atoms with E-state index in [2.05, 4.69) is 20.6 Å². The second-order valence-corrected chi connectivity index (χ2v) is 11.1. The Hall–Kier alpha value is -2.98. The molecule has 0 radical (unpaired) electrons. The molecule has 2 aromatic heterocycles. The number of nitrogens with one attached hydrogen (secondary N) is 1. The van der Waals surface area contributed by atoms with Crippen LogP contribution in [0.4, 0.5) is 5.82 Å². The minimum Gasteiger partial charge on any atom is -0.477 e. The second-order valence-electron chi connectivity index (χ2n) is 7.55. The topological polar surface area (TPSA) is 173 Å². The van der Waals surface area contributed by atoms with Crippen LogP contribution in [0.3, 0.4) is 0 Å². The Balaban J connectivity index is 1.46. The van der Waals surface area contributed by atoms with Crippen molar-refractivity contribution in [3.63, 3.8) is 0 Å². The van der Waals surface area contributed by atoms with Crippen LogP contribution in [-0.2, 0) is 14.4 Å². The molecule has 3 atom stereocenters. The molecule has 2 aliphatic heterocycles. The summed E-state index contributed by atoms with van der Waals surface area (Å²) in [4.78, 5) is 49.1. The van der Waals surface area contributed by atoms with Gasteiger partial charge in [0.15, 0.2) is 4.34 Å². The first-order chi connectivity index (χ1) is 16.1. The largest absolute Gasteiger partial charge is 0.477 e. The highest BCUT2D eigenvalue weighted by atomic mass is 32.2. The molecule has 16 heteroatoms. The number of hydrogen-bond acceptors (Lipinski definition) is 11. The number of rotatable bonds is 8. The number of carbonyl (C=O) groups is 3. The number of carboxylic acid groups (broad SMARTS) is 1. The van der Waals surface area contributed by atoms with Crippen LogP contribution in [-0.4, -0.2) is 75.6 Å². The van der Waals surface area contributed by atoms with Gasteiger partial charge in [0.2, 0.25) is 5.91 Å². The van der Waals surface area contributed by atoms with Crippen molar-refractivity contribution in [2.45, 2.75) is 42.6 Å². The number of amides is 2. The summed E-state index contributed by atoms with van der Waals surface area (Å²) in [5, 5.41) is 35.4. The van der Waals surface area contributed by atoms with E-state index in [0.29, 0.717) is 27.1 Å². The first-order valence-electron chi connectivity index (χ1n) is 9.92. The highest BCUT2D eigenvalue weighted by molar-refractivity contribution is 8.01. The lowest BCUT2D eigenvalue weighted by Gasteiger charge is -2.49. The van der Waals surface area contributed by atoms with Crippen molar-refractivity contribution in [3.8, 4) is 0 Å². The van der Waals surface area contributed by atoms with Crippen molar-refractivity contribution in [1.82, 2.24) is 30.2 Å². The molecule has 1 fully saturated rings. The Labute approximate surface area is 205 Å². The molecule has 0 spiro atoms. The summed E-state index contributed by atoms with van der Waals surface area (Å²) >= 11 is 4.13. The fraction of sp³-hybridized carbons (Fsp3) is 0.444. The quantitative estimate of drug-likeness (QED) is 0.220. The molecule has 0 aliphatic carbocycles.